The largest absolute Gasteiger partial charge is 0.316 e. The summed E-state index contributed by atoms with van der Waals surface area (Å²) in [5, 5.41) is 4.21. The second-order valence-electron chi connectivity index (χ2n) is 4.62. The highest BCUT2D eigenvalue weighted by molar-refractivity contribution is 9.10. The molecule has 0 aliphatic heterocycles. The molecule has 1 nitrogen and oxygen atoms in total. The van der Waals surface area contributed by atoms with E-state index in [4.69, 9.17) is 0 Å². The molecular weight excluding hydrogens is 294 g/mol. The highest BCUT2D eigenvalue weighted by Crippen LogP contribution is 2.36. The lowest BCUT2D eigenvalue weighted by Gasteiger charge is -2.24. The lowest BCUT2D eigenvalue weighted by atomic mass is 10.1. The van der Waals surface area contributed by atoms with Crippen molar-refractivity contribution in [2.24, 2.45) is 0 Å². The molecule has 2 rings (SSSR count). The summed E-state index contributed by atoms with van der Waals surface area (Å²) in [4.78, 5) is 1.37. The van der Waals surface area contributed by atoms with E-state index in [1.54, 1.807) is 0 Å². The average molecular weight is 314 g/mol. The highest BCUT2D eigenvalue weighted by Gasteiger charge is 2.23. The summed E-state index contributed by atoms with van der Waals surface area (Å²) in [6.07, 6.45) is 6.79. The number of hydrogen-bond acceptors (Lipinski definition) is 2. The van der Waals surface area contributed by atoms with Gasteiger partial charge in [-0.05, 0) is 48.0 Å². The molecule has 0 amide bonds. The summed E-state index contributed by atoms with van der Waals surface area (Å²) in [6.45, 7) is 0. The van der Waals surface area contributed by atoms with Gasteiger partial charge in [0.15, 0.2) is 0 Å². The van der Waals surface area contributed by atoms with E-state index in [9.17, 15) is 0 Å². The minimum atomic E-state index is 0.662. The van der Waals surface area contributed by atoms with Gasteiger partial charge in [0.05, 0.1) is 0 Å². The van der Waals surface area contributed by atoms with Gasteiger partial charge in [0.25, 0.3) is 0 Å². The van der Waals surface area contributed by atoms with Crippen LogP contribution in [-0.4, -0.2) is 18.3 Å². The van der Waals surface area contributed by atoms with Crippen LogP contribution in [0.3, 0.4) is 0 Å². The Labute approximate surface area is 117 Å². The molecule has 0 heterocycles. The Bertz CT molecular complexity index is 356. The maximum absolute atomic E-state index is 3.64. The molecular formula is C14H20BrNS. The smallest absolute Gasteiger partial charge is 0.0311 e. The molecule has 1 aromatic carbocycles. The Balaban J connectivity index is 2.07. The van der Waals surface area contributed by atoms with Crippen LogP contribution in [0.15, 0.2) is 33.6 Å². The number of benzene rings is 1. The fraction of sp³-hybridized carbons (Fsp3) is 0.571. The zero-order valence-electron chi connectivity index (χ0n) is 10.3. The molecule has 0 bridgehead atoms. The molecule has 3 heteroatoms. The van der Waals surface area contributed by atoms with Crippen LogP contribution < -0.4 is 5.32 Å². The Hall–Kier alpha value is 0.01000. The number of thioether (sulfide) groups is 1. The van der Waals surface area contributed by atoms with Crippen LogP contribution in [0, 0.1) is 0 Å². The minimum absolute atomic E-state index is 0.662. The van der Waals surface area contributed by atoms with Gasteiger partial charge < -0.3 is 5.32 Å². The summed E-state index contributed by atoms with van der Waals surface area (Å²) in [5.74, 6) is 0. The van der Waals surface area contributed by atoms with Crippen LogP contribution in [0.25, 0.3) is 0 Å². The van der Waals surface area contributed by atoms with Crippen LogP contribution in [0.1, 0.15) is 32.1 Å². The molecule has 0 aromatic heterocycles. The van der Waals surface area contributed by atoms with Crippen molar-refractivity contribution in [3.63, 3.8) is 0 Å². The SMILES string of the molecule is CNC1CCCCCC1Sc1ccccc1Br. The summed E-state index contributed by atoms with van der Waals surface area (Å²) < 4.78 is 1.23. The summed E-state index contributed by atoms with van der Waals surface area (Å²) >= 11 is 5.67. The van der Waals surface area contributed by atoms with Crippen molar-refractivity contribution in [3.8, 4) is 0 Å². The van der Waals surface area contributed by atoms with Crippen LogP contribution in [-0.2, 0) is 0 Å². The third-order valence-electron chi connectivity index (χ3n) is 3.44. The standard InChI is InChI=1S/C14H20BrNS/c1-16-12-8-3-2-4-10-14(12)17-13-9-6-5-7-11(13)15/h5-7,9,12,14,16H,2-4,8,10H2,1H3. The summed E-state index contributed by atoms with van der Waals surface area (Å²) in [6, 6.07) is 9.21. The van der Waals surface area contributed by atoms with Crippen molar-refractivity contribution in [1.29, 1.82) is 0 Å². The predicted octanol–water partition coefficient (Wildman–Crippen LogP) is 4.46. The monoisotopic (exact) mass is 313 g/mol. The molecule has 1 N–H and O–H groups in total. The van der Waals surface area contributed by atoms with Gasteiger partial charge in [-0.1, -0.05) is 31.4 Å². The second-order valence-corrected chi connectivity index (χ2v) is 6.76. The van der Waals surface area contributed by atoms with E-state index < -0.39 is 0 Å². The second kappa shape index (κ2) is 6.81. The van der Waals surface area contributed by atoms with Crippen LogP contribution in [0.5, 0.6) is 0 Å². The van der Waals surface area contributed by atoms with Gasteiger partial charge in [-0.25, -0.2) is 0 Å². The first-order valence-electron chi connectivity index (χ1n) is 6.39. The van der Waals surface area contributed by atoms with Crippen molar-refractivity contribution in [3.05, 3.63) is 28.7 Å². The number of hydrogen-bond donors (Lipinski definition) is 1. The maximum Gasteiger partial charge on any atom is 0.0311 e. The Morgan fingerprint density at radius 1 is 1.18 bits per heavy atom. The van der Waals surface area contributed by atoms with Crippen LogP contribution >= 0.6 is 27.7 Å². The third kappa shape index (κ3) is 3.73. The van der Waals surface area contributed by atoms with E-state index in [-0.39, 0.29) is 0 Å². The van der Waals surface area contributed by atoms with Crippen molar-refractivity contribution in [2.75, 3.05) is 7.05 Å². The number of halogens is 1. The fourth-order valence-electron chi connectivity index (χ4n) is 2.45. The Kier molecular flexibility index (Phi) is 5.39. The molecule has 17 heavy (non-hydrogen) atoms. The molecule has 1 aromatic rings. The minimum Gasteiger partial charge on any atom is -0.316 e. The van der Waals surface area contributed by atoms with E-state index in [0.717, 1.165) is 0 Å². The first kappa shape index (κ1) is 13.4. The normalized spacial score (nSPS) is 25.5. The van der Waals surface area contributed by atoms with Gasteiger partial charge in [-0.2, -0.15) is 0 Å². The van der Waals surface area contributed by atoms with Crippen LogP contribution in [0.4, 0.5) is 0 Å². The summed E-state index contributed by atoms with van der Waals surface area (Å²) in [7, 11) is 2.10. The zero-order valence-corrected chi connectivity index (χ0v) is 12.7. The van der Waals surface area contributed by atoms with E-state index in [1.807, 2.05) is 11.8 Å². The molecule has 2 atom stereocenters. The van der Waals surface area contributed by atoms with Crippen molar-refractivity contribution >= 4 is 27.7 Å². The van der Waals surface area contributed by atoms with Gasteiger partial charge in [0, 0.05) is 20.7 Å². The summed E-state index contributed by atoms with van der Waals surface area (Å²) in [5.41, 5.74) is 0. The van der Waals surface area contributed by atoms with Gasteiger partial charge in [-0.3, -0.25) is 0 Å². The van der Waals surface area contributed by atoms with E-state index in [1.165, 1.54) is 41.5 Å². The maximum atomic E-state index is 3.64. The molecule has 1 saturated carbocycles. The van der Waals surface area contributed by atoms with Crippen LogP contribution in [0.2, 0.25) is 0 Å². The number of nitrogens with one attached hydrogen (secondary N) is 1. The molecule has 94 valence electrons. The molecule has 0 saturated heterocycles. The third-order valence-corrected chi connectivity index (χ3v) is 5.87. The van der Waals surface area contributed by atoms with E-state index in [2.05, 4.69) is 52.6 Å². The zero-order chi connectivity index (χ0) is 12.1. The molecule has 1 fully saturated rings. The lowest BCUT2D eigenvalue weighted by molar-refractivity contribution is 0.510. The fourth-order valence-corrected chi connectivity index (χ4v) is 4.40. The molecule has 2 unspecified atom stereocenters. The first-order valence-corrected chi connectivity index (χ1v) is 8.07. The van der Waals surface area contributed by atoms with Gasteiger partial charge in [0.1, 0.15) is 0 Å². The topological polar surface area (TPSA) is 12.0 Å². The highest BCUT2D eigenvalue weighted by atomic mass is 79.9. The Morgan fingerprint density at radius 3 is 2.71 bits per heavy atom. The Morgan fingerprint density at radius 2 is 1.94 bits per heavy atom. The van der Waals surface area contributed by atoms with Crippen molar-refractivity contribution in [2.45, 2.75) is 48.3 Å². The molecule has 0 spiro atoms. The lowest BCUT2D eigenvalue weighted by Crippen LogP contribution is -2.34. The van der Waals surface area contributed by atoms with Gasteiger partial charge in [0.2, 0.25) is 0 Å². The van der Waals surface area contributed by atoms with Gasteiger partial charge in [-0.15, -0.1) is 11.8 Å². The predicted molar refractivity (Wildman–Crippen MR) is 79.7 cm³/mol. The molecule has 0 radical (unpaired) electrons. The van der Waals surface area contributed by atoms with E-state index in [0.29, 0.717) is 11.3 Å². The first-order chi connectivity index (χ1) is 8.31. The quantitative estimate of drug-likeness (QED) is 0.827. The van der Waals surface area contributed by atoms with E-state index >= 15 is 0 Å². The van der Waals surface area contributed by atoms with Gasteiger partial charge >= 0.3 is 0 Å². The molecule has 1 aliphatic carbocycles. The molecule has 1 aliphatic rings. The average Bonchev–Trinajstić information content (AvgIpc) is 2.57. The van der Waals surface area contributed by atoms with Crippen molar-refractivity contribution < 1.29 is 0 Å². The number of rotatable bonds is 3. The van der Waals surface area contributed by atoms with Crippen molar-refractivity contribution in [1.82, 2.24) is 5.32 Å².